The molecule has 2 N–H and O–H groups in total. The van der Waals surface area contributed by atoms with Gasteiger partial charge < -0.3 is 14.9 Å². The summed E-state index contributed by atoms with van der Waals surface area (Å²) in [6.07, 6.45) is 0. The Labute approximate surface area is 166 Å². The molecule has 3 aromatic carbocycles. The summed E-state index contributed by atoms with van der Waals surface area (Å²) >= 11 is 0. The van der Waals surface area contributed by atoms with Crippen LogP contribution in [0.5, 0.6) is 0 Å². The van der Waals surface area contributed by atoms with Crippen LogP contribution in [0.4, 0.5) is 0 Å². The van der Waals surface area contributed by atoms with Gasteiger partial charge in [0.15, 0.2) is 10.9 Å². The molecule has 2 heterocycles. The van der Waals surface area contributed by atoms with Crippen molar-refractivity contribution >= 4 is 43.6 Å². The number of H-pyrrole nitrogens is 2. The van der Waals surface area contributed by atoms with Gasteiger partial charge in [0.1, 0.15) is 0 Å². The average molecular weight is 383 g/mol. The first-order chi connectivity index (χ1) is 14.0. The topological polar surface area (TPSA) is 69.0 Å². The molecule has 0 aliphatic heterocycles. The standard InChI is InChI=1S/C24H21N3O2/c1-13(27(2)3)20-21-19(25-17-10-6-5-9-15(17)24(21)29)12-16-22(20)26-18-11-7-4-8-14(18)23(16)28/h4-13H,1-3H3,(H,25,29)(H,26,28). The first-order valence-electron chi connectivity index (χ1n) is 9.66. The number of para-hydroxylation sites is 2. The first-order valence-corrected chi connectivity index (χ1v) is 9.66. The van der Waals surface area contributed by atoms with Crippen LogP contribution in [-0.2, 0) is 0 Å². The Morgan fingerprint density at radius 1 is 0.759 bits per heavy atom. The van der Waals surface area contributed by atoms with E-state index in [9.17, 15) is 9.59 Å². The summed E-state index contributed by atoms with van der Waals surface area (Å²) in [6.45, 7) is 2.05. The predicted octanol–water partition coefficient (Wildman–Crippen LogP) is 4.30. The summed E-state index contributed by atoms with van der Waals surface area (Å²) in [5.74, 6) is 0. The lowest BCUT2D eigenvalue weighted by Gasteiger charge is -2.23. The summed E-state index contributed by atoms with van der Waals surface area (Å²) < 4.78 is 0. The Bertz CT molecular complexity index is 1540. The number of aromatic amines is 2. The van der Waals surface area contributed by atoms with Gasteiger partial charge in [0, 0.05) is 38.8 Å². The molecule has 0 radical (unpaired) electrons. The summed E-state index contributed by atoms with van der Waals surface area (Å²) in [5.41, 5.74) is 3.75. The minimum atomic E-state index is -0.0692. The maximum atomic E-state index is 13.5. The number of hydrogen-bond acceptors (Lipinski definition) is 3. The molecule has 5 heteroatoms. The van der Waals surface area contributed by atoms with Crippen LogP contribution >= 0.6 is 0 Å². The lowest BCUT2D eigenvalue weighted by molar-refractivity contribution is 0.324. The molecule has 5 nitrogen and oxygen atoms in total. The Kier molecular flexibility index (Phi) is 3.83. The van der Waals surface area contributed by atoms with Crippen molar-refractivity contribution in [3.8, 4) is 0 Å². The van der Waals surface area contributed by atoms with Crippen LogP contribution in [0.2, 0.25) is 0 Å². The lowest BCUT2D eigenvalue weighted by Crippen LogP contribution is -2.21. The van der Waals surface area contributed by atoms with E-state index in [1.54, 1.807) is 0 Å². The van der Waals surface area contributed by atoms with Crippen LogP contribution in [0, 0.1) is 0 Å². The van der Waals surface area contributed by atoms with Crippen LogP contribution < -0.4 is 10.9 Å². The summed E-state index contributed by atoms with van der Waals surface area (Å²) in [4.78, 5) is 35.7. The maximum absolute atomic E-state index is 13.5. The second-order valence-corrected chi connectivity index (χ2v) is 7.77. The molecule has 144 valence electrons. The third-order valence-corrected chi connectivity index (χ3v) is 5.90. The Balaban J connectivity index is 2.11. The zero-order valence-corrected chi connectivity index (χ0v) is 16.5. The highest BCUT2D eigenvalue weighted by Gasteiger charge is 2.21. The highest BCUT2D eigenvalue weighted by atomic mass is 16.1. The molecule has 2 aromatic heterocycles. The van der Waals surface area contributed by atoms with Crippen molar-refractivity contribution in [1.82, 2.24) is 14.9 Å². The first kappa shape index (κ1) is 17.6. The molecule has 0 aliphatic rings. The van der Waals surface area contributed by atoms with E-state index in [4.69, 9.17) is 0 Å². The number of rotatable bonds is 2. The third-order valence-electron chi connectivity index (χ3n) is 5.90. The van der Waals surface area contributed by atoms with Gasteiger partial charge >= 0.3 is 0 Å². The van der Waals surface area contributed by atoms with Crippen molar-refractivity contribution in [3.05, 3.63) is 80.6 Å². The van der Waals surface area contributed by atoms with Gasteiger partial charge in [0.25, 0.3) is 0 Å². The number of pyridine rings is 2. The average Bonchev–Trinajstić information content (AvgIpc) is 2.73. The van der Waals surface area contributed by atoms with Gasteiger partial charge in [-0.2, -0.15) is 0 Å². The highest BCUT2D eigenvalue weighted by molar-refractivity contribution is 6.06. The number of fused-ring (bicyclic) bond motifs is 4. The van der Waals surface area contributed by atoms with Crippen molar-refractivity contribution in [2.75, 3.05) is 14.1 Å². The van der Waals surface area contributed by atoms with Gasteiger partial charge in [0.2, 0.25) is 0 Å². The largest absolute Gasteiger partial charge is 0.354 e. The van der Waals surface area contributed by atoms with Gasteiger partial charge in [-0.1, -0.05) is 24.3 Å². The molecule has 0 bridgehead atoms. The van der Waals surface area contributed by atoms with Gasteiger partial charge in [-0.15, -0.1) is 0 Å². The number of nitrogens with one attached hydrogen (secondary N) is 2. The fourth-order valence-electron chi connectivity index (χ4n) is 4.18. The third kappa shape index (κ3) is 2.51. The number of aromatic nitrogens is 2. The second-order valence-electron chi connectivity index (χ2n) is 7.77. The molecule has 29 heavy (non-hydrogen) atoms. The minimum absolute atomic E-state index is 0.0195. The van der Waals surface area contributed by atoms with Crippen LogP contribution in [0.25, 0.3) is 43.6 Å². The van der Waals surface area contributed by atoms with E-state index < -0.39 is 0 Å². The fourth-order valence-corrected chi connectivity index (χ4v) is 4.18. The zero-order chi connectivity index (χ0) is 20.3. The number of hydrogen-bond donors (Lipinski definition) is 2. The van der Waals surface area contributed by atoms with Crippen molar-refractivity contribution in [2.45, 2.75) is 13.0 Å². The van der Waals surface area contributed by atoms with Crippen LogP contribution in [0.3, 0.4) is 0 Å². The molecule has 0 fully saturated rings. The molecular formula is C24H21N3O2. The summed E-state index contributed by atoms with van der Waals surface area (Å²) in [5, 5.41) is 2.51. The van der Waals surface area contributed by atoms with E-state index in [0.29, 0.717) is 27.1 Å². The van der Waals surface area contributed by atoms with E-state index in [-0.39, 0.29) is 16.9 Å². The number of benzene rings is 3. The molecule has 1 unspecified atom stereocenters. The van der Waals surface area contributed by atoms with E-state index in [1.807, 2.05) is 68.7 Å². The monoisotopic (exact) mass is 383 g/mol. The van der Waals surface area contributed by atoms with Gasteiger partial charge in [-0.25, -0.2) is 0 Å². The lowest BCUT2D eigenvalue weighted by atomic mass is 9.95. The normalized spacial score (nSPS) is 13.1. The highest BCUT2D eigenvalue weighted by Crippen LogP contribution is 2.32. The van der Waals surface area contributed by atoms with Crippen molar-refractivity contribution in [3.63, 3.8) is 0 Å². The van der Waals surface area contributed by atoms with Crippen molar-refractivity contribution < 1.29 is 0 Å². The number of nitrogens with zero attached hydrogens (tertiary/aromatic N) is 1. The van der Waals surface area contributed by atoms with E-state index in [2.05, 4.69) is 21.8 Å². The van der Waals surface area contributed by atoms with Gasteiger partial charge in [0.05, 0.1) is 16.4 Å². The summed E-state index contributed by atoms with van der Waals surface area (Å²) in [7, 11) is 3.95. The fraction of sp³-hybridized carbons (Fsp3) is 0.167. The van der Waals surface area contributed by atoms with Crippen LogP contribution in [-0.4, -0.2) is 29.0 Å². The quantitative estimate of drug-likeness (QED) is 0.447. The molecule has 0 amide bonds. The maximum Gasteiger partial charge on any atom is 0.197 e. The molecular weight excluding hydrogens is 362 g/mol. The molecule has 0 saturated heterocycles. The van der Waals surface area contributed by atoms with Crippen LogP contribution in [0.15, 0.2) is 64.2 Å². The van der Waals surface area contributed by atoms with Crippen LogP contribution in [0.1, 0.15) is 18.5 Å². The molecule has 1 atom stereocenters. The predicted molar refractivity (Wildman–Crippen MR) is 120 cm³/mol. The Hall–Kier alpha value is -3.44. The van der Waals surface area contributed by atoms with E-state index >= 15 is 0 Å². The molecule has 5 aromatic rings. The molecule has 0 aliphatic carbocycles. The SMILES string of the molecule is CC(c1c2[nH]c3ccccc3c(=O)c2cc2[nH]c3ccccc3c(=O)c12)N(C)C. The Morgan fingerprint density at radius 3 is 2.00 bits per heavy atom. The van der Waals surface area contributed by atoms with Gasteiger partial charge in [-0.05, 0) is 51.4 Å². The smallest absolute Gasteiger partial charge is 0.197 e. The molecule has 0 saturated carbocycles. The van der Waals surface area contributed by atoms with Crippen molar-refractivity contribution in [1.29, 1.82) is 0 Å². The second kappa shape index (κ2) is 6.29. The molecule has 0 spiro atoms. The van der Waals surface area contributed by atoms with E-state index in [1.165, 1.54) is 0 Å². The zero-order valence-electron chi connectivity index (χ0n) is 16.5. The van der Waals surface area contributed by atoms with Crippen molar-refractivity contribution in [2.24, 2.45) is 0 Å². The van der Waals surface area contributed by atoms with Gasteiger partial charge in [-0.3, -0.25) is 9.59 Å². The van der Waals surface area contributed by atoms with E-state index in [0.717, 1.165) is 22.1 Å². The Morgan fingerprint density at radius 2 is 1.34 bits per heavy atom. The summed E-state index contributed by atoms with van der Waals surface area (Å²) in [6, 6.07) is 16.7. The molecule has 5 rings (SSSR count). The minimum Gasteiger partial charge on any atom is -0.354 e.